The molecule has 0 radical (unpaired) electrons. The molecule has 0 aromatic carbocycles. The molecule has 7 nitrogen and oxygen atoms in total. The van der Waals surface area contributed by atoms with E-state index in [1.54, 1.807) is 11.8 Å². The zero-order valence-electron chi connectivity index (χ0n) is 9.99. The van der Waals surface area contributed by atoms with E-state index in [9.17, 15) is 0 Å². The molecule has 2 aromatic rings. The molecule has 8 heteroatoms. The third-order valence-corrected chi connectivity index (χ3v) is 2.94. The minimum absolute atomic E-state index is 0.466. The highest BCUT2D eigenvalue weighted by Crippen LogP contribution is 2.14. The van der Waals surface area contributed by atoms with Crippen LogP contribution in [-0.2, 0) is 17.9 Å². The summed E-state index contributed by atoms with van der Waals surface area (Å²) >= 11 is 1.37. The van der Waals surface area contributed by atoms with E-state index in [4.69, 9.17) is 4.74 Å². The fraction of sp³-hybridized carbons (Fsp3) is 0.556. The highest BCUT2D eigenvalue weighted by molar-refractivity contribution is 7.09. The van der Waals surface area contributed by atoms with Crippen molar-refractivity contribution in [1.29, 1.82) is 0 Å². The van der Waals surface area contributed by atoms with Gasteiger partial charge in [-0.1, -0.05) is 5.21 Å². The number of hydrogen-bond acceptors (Lipinski definition) is 7. The van der Waals surface area contributed by atoms with E-state index in [1.165, 1.54) is 11.5 Å². The molecule has 0 aliphatic heterocycles. The van der Waals surface area contributed by atoms with E-state index in [-0.39, 0.29) is 0 Å². The molecule has 17 heavy (non-hydrogen) atoms. The minimum Gasteiger partial charge on any atom is -0.378 e. The van der Waals surface area contributed by atoms with Crippen molar-refractivity contribution in [2.24, 2.45) is 0 Å². The zero-order chi connectivity index (χ0) is 12.3. The number of ether oxygens (including phenoxy) is 1. The summed E-state index contributed by atoms with van der Waals surface area (Å²) in [5.41, 5.74) is 0.801. The average Bonchev–Trinajstić information content (AvgIpc) is 2.89. The van der Waals surface area contributed by atoms with Crippen LogP contribution >= 0.6 is 11.5 Å². The summed E-state index contributed by atoms with van der Waals surface area (Å²) < 4.78 is 10.9. The molecular formula is C9H14N6OS. The number of rotatable bonds is 5. The van der Waals surface area contributed by atoms with Crippen LogP contribution in [0.1, 0.15) is 11.5 Å². The minimum atomic E-state index is 0.466. The van der Waals surface area contributed by atoms with Crippen LogP contribution in [0.4, 0.5) is 5.13 Å². The predicted octanol–water partition coefficient (Wildman–Crippen LogP) is 0.390. The maximum Gasteiger partial charge on any atom is 0.204 e. The molecule has 0 aliphatic rings. The Morgan fingerprint density at radius 3 is 2.94 bits per heavy atom. The molecule has 0 N–H and O–H groups in total. The lowest BCUT2D eigenvalue weighted by Crippen LogP contribution is -2.08. The van der Waals surface area contributed by atoms with Crippen LogP contribution in [0.3, 0.4) is 0 Å². The first-order valence-corrected chi connectivity index (χ1v) is 5.84. The van der Waals surface area contributed by atoms with Crippen LogP contribution in [0.5, 0.6) is 0 Å². The topological polar surface area (TPSA) is 69.0 Å². The fourth-order valence-electron chi connectivity index (χ4n) is 1.27. The summed E-state index contributed by atoms with van der Waals surface area (Å²) in [6.45, 7) is 0.995. The fourth-order valence-corrected chi connectivity index (χ4v) is 1.86. The van der Waals surface area contributed by atoms with Crippen LogP contribution in [0, 0.1) is 0 Å². The van der Waals surface area contributed by atoms with Gasteiger partial charge < -0.3 is 9.64 Å². The standard InChI is InChI=1S/C9H14N6OS/c1-14(2)9-10-8(12-17-9)5-15-4-7(6-16-3)11-13-15/h4H,5-6H2,1-3H3. The quantitative estimate of drug-likeness (QED) is 0.769. The highest BCUT2D eigenvalue weighted by atomic mass is 32.1. The molecule has 0 amide bonds. The maximum atomic E-state index is 4.98. The van der Waals surface area contributed by atoms with Crippen molar-refractivity contribution in [1.82, 2.24) is 24.4 Å². The summed E-state index contributed by atoms with van der Waals surface area (Å²) in [7, 11) is 5.51. The molecule has 0 bridgehead atoms. The average molecular weight is 254 g/mol. The Morgan fingerprint density at radius 1 is 1.47 bits per heavy atom. The lowest BCUT2D eigenvalue weighted by molar-refractivity contribution is 0.181. The first-order valence-electron chi connectivity index (χ1n) is 5.07. The Morgan fingerprint density at radius 2 is 2.29 bits per heavy atom. The SMILES string of the molecule is COCc1cn(Cc2nsc(N(C)C)n2)nn1. The molecule has 2 aromatic heterocycles. The Hall–Kier alpha value is -1.54. The molecular weight excluding hydrogens is 240 g/mol. The largest absolute Gasteiger partial charge is 0.378 e. The number of aromatic nitrogens is 5. The number of anilines is 1. The Balaban J connectivity index is 2.03. The molecule has 0 atom stereocenters. The van der Waals surface area contributed by atoms with Crippen molar-refractivity contribution >= 4 is 16.7 Å². The van der Waals surface area contributed by atoms with Crippen molar-refractivity contribution in [3.05, 3.63) is 17.7 Å². The van der Waals surface area contributed by atoms with E-state index in [0.717, 1.165) is 16.6 Å². The summed E-state index contributed by atoms with van der Waals surface area (Å²) in [6.07, 6.45) is 1.83. The summed E-state index contributed by atoms with van der Waals surface area (Å²) in [5, 5.41) is 8.84. The van der Waals surface area contributed by atoms with Gasteiger partial charge in [0.25, 0.3) is 0 Å². The lowest BCUT2D eigenvalue weighted by Gasteiger charge is -2.04. The molecule has 0 saturated heterocycles. The third kappa shape index (κ3) is 2.98. The summed E-state index contributed by atoms with van der Waals surface area (Å²) in [6, 6.07) is 0. The Kier molecular flexibility index (Phi) is 3.64. The lowest BCUT2D eigenvalue weighted by atomic mass is 10.5. The summed E-state index contributed by atoms with van der Waals surface area (Å²) in [5.74, 6) is 0.743. The van der Waals surface area contributed by atoms with Gasteiger partial charge in [0, 0.05) is 32.7 Å². The normalized spacial score (nSPS) is 10.8. The van der Waals surface area contributed by atoms with Crippen molar-refractivity contribution in [3.8, 4) is 0 Å². The van der Waals surface area contributed by atoms with Crippen molar-refractivity contribution in [2.75, 3.05) is 26.1 Å². The molecule has 2 rings (SSSR count). The molecule has 2 heterocycles. The van der Waals surface area contributed by atoms with Gasteiger partial charge in [-0.2, -0.15) is 4.37 Å². The Labute approximate surface area is 103 Å². The molecule has 92 valence electrons. The zero-order valence-corrected chi connectivity index (χ0v) is 10.8. The van der Waals surface area contributed by atoms with Crippen LogP contribution in [-0.4, -0.2) is 45.6 Å². The van der Waals surface area contributed by atoms with Gasteiger partial charge in [0.2, 0.25) is 5.13 Å². The van der Waals surface area contributed by atoms with Crippen LogP contribution in [0.2, 0.25) is 0 Å². The monoisotopic (exact) mass is 254 g/mol. The van der Waals surface area contributed by atoms with E-state index in [2.05, 4.69) is 19.7 Å². The van der Waals surface area contributed by atoms with Crippen molar-refractivity contribution in [2.45, 2.75) is 13.2 Å². The van der Waals surface area contributed by atoms with Gasteiger partial charge in [0.15, 0.2) is 5.82 Å². The first-order chi connectivity index (χ1) is 8.19. The van der Waals surface area contributed by atoms with E-state index >= 15 is 0 Å². The van der Waals surface area contributed by atoms with Gasteiger partial charge in [-0.15, -0.1) is 5.10 Å². The molecule has 0 unspecified atom stereocenters. The molecule has 0 spiro atoms. The smallest absolute Gasteiger partial charge is 0.204 e. The van der Waals surface area contributed by atoms with Crippen LogP contribution in [0.15, 0.2) is 6.20 Å². The van der Waals surface area contributed by atoms with E-state index < -0.39 is 0 Å². The first kappa shape index (κ1) is 11.9. The molecule has 0 fully saturated rings. The van der Waals surface area contributed by atoms with Crippen molar-refractivity contribution in [3.63, 3.8) is 0 Å². The van der Waals surface area contributed by atoms with Gasteiger partial charge in [-0.25, -0.2) is 9.67 Å². The maximum absolute atomic E-state index is 4.98. The highest BCUT2D eigenvalue weighted by Gasteiger charge is 2.07. The second kappa shape index (κ2) is 5.19. The van der Waals surface area contributed by atoms with Crippen LogP contribution < -0.4 is 4.90 Å². The number of nitrogens with zero attached hydrogens (tertiary/aromatic N) is 6. The molecule has 0 aliphatic carbocycles. The molecule has 0 saturated carbocycles. The number of methoxy groups -OCH3 is 1. The van der Waals surface area contributed by atoms with Gasteiger partial charge in [-0.3, -0.25) is 0 Å². The van der Waals surface area contributed by atoms with E-state index in [1.807, 2.05) is 25.2 Å². The second-order valence-electron chi connectivity index (χ2n) is 3.73. The van der Waals surface area contributed by atoms with Gasteiger partial charge >= 0.3 is 0 Å². The Bertz CT molecular complexity index is 479. The van der Waals surface area contributed by atoms with Gasteiger partial charge in [0.1, 0.15) is 12.2 Å². The second-order valence-corrected chi connectivity index (χ2v) is 4.46. The third-order valence-electron chi connectivity index (χ3n) is 2.02. The summed E-state index contributed by atoms with van der Waals surface area (Å²) in [4.78, 5) is 6.30. The van der Waals surface area contributed by atoms with Crippen molar-refractivity contribution < 1.29 is 4.74 Å². The number of hydrogen-bond donors (Lipinski definition) is 0. The van der Waals surface area contributed by atoms with E-state index in [0.29, 0.717) is 13.2 Å². The predicted molar refractivity (Wildman–Crippen MR) is 64.1 cm³/mol. The van der Waals surface area contributed by atoms with Gasteiger partial charge in [-0.05, 0) is 0 Å². The van der Waals surface area contributed by atoms with Crippen LogP contribution in [0.25, 0.3) is 0 Å². The van der Waals surface area contributed by atoms with Gasteiger partial charge in [0.05, 0.1) is 12.8 Å².